The fourth-order valence-corrected chi connectivity index (χ4v) is 2.93. The molecule has 0 radical (unpaired) electrons. The van der Waals surface area contributed by atoms with Crippen molar-refractivity contribution in [1.82, 2.24) is 5.32 Å². The summed E-state index contributed by atoms with van der Waals surface area (Å²) in [5.41, 5.74) is 0.880. The Balaban J connectivity index is 1.86. The van der Waals surface area contributed by atoms with Gasteiger partial charge in [0.25, 0.3) is 0 Å². The van der Waals surface area contributed by atoms with Gasteiger partial charge in [0, 0.05) is 18.3 Å². The van der Waals surface area contributed by atoms with Crippen molar-refractivity contribution in [3.8, 4) is 5.75 Å². The second kappa shape index (κ2) is 5.55. The van der Waals surface area contributed by atoms with Crippen LogP contribution in [0.1, 0.15) is 18.4 Å². The molecule has 1 saturated heterocycles. The SMILES string of the molecule is Oc1ccc(CNC2CCCSC2)cc1F. The van der Waals surface area contributed by atoms with Gasteiger partial charge in [-0.15, -0.1) is 0 Å². The topological polar surface area (TPSA) is 32.3 Å². The Morgan fingerprint density at radius 2 is 2.38 bits per heavy atom. The molecule has 0 saturated carbocycles. The van der Waals surface area contributed by atoms with Crippen molar-refractivity contribution in [3.05, 3.63) is 29.6 Å². The number of benzene rings is 1. The molecule has 1 atom stereocenters. The lowest BCUT2D eigenvalue weighted by Gasteiger charge is -2.22. The van der Waals surface area contributed by atoms with Gasteiger partial charge in [-0.2, -0.15) is 11.8 Å². The van der Waals surface area contributed by atoms with Crippen LogP contribution < -0.4 is 5.32 Å². The van der Waals surface area contributed by atoms with E-state index in [2.05, 4.69) is 5.32 Å². The van der Waals surface area contributed by atoms with Gasteiger partial charge in [-0.1, -0.05) is 6.07 Å². The van der Waals surface area contributed by atoms with Gasteiger partial charge >= 0.3 is 0 Å². The van der Waals surface area contributed by atoms with Crippen molar-refractivity contribution >= 4 is 11.8 Å². The second-order valence-corrected chi connectivity index (χ2v) is 5.23. The molecule has 16 heavy (non-hydrogen) atoms. The zero-order valence-corrected chi connectivity index (χ0v) is 9.89. The standard InChI is InChI=1S/C12H16FNOS/c13-11-6-9(3-4-12(11)15)7-14-10-2-1-5-16-8-10/h3-4,6,10,14-15H,1-2,5,7-8H2. The summed E-state index contributed by atoms with van der Waals surface area (Å²) >= 11 is 1.97. The number of hydrogen-bond acceptors (Lipinski definition) is 3. The number of aromatic hydroxyl groups is 1. The molecule has 1 heterocycles. The highest BCUT2D eigenvalue weighted by Crippen LogP contribution is 2.19. The summed E-state index contributed by atoms with van der Waals surface area (Å²) in [6.07, 6.45) is 2.46. The Hall–Kier alpha value is -0.740. The van der Waals surface area contributed by atoms with Crippen LogP contribution in [0.4, 0.5) is 4.39 Å². The third kappa shape index (κ3) is 3.12. The Kier molecular flexibility index (Phi) is 4.07. The van der Waals surface area contributed by atoms with Crippen LogP contribution in [0.3, 0.4) is 0 Å². The zero-order chi connectivity index (χ0) is 11.4. The Bertz CT molecular complexity index is 353. The molecule has 1 aromatic rings. The molecule has 1 aromatic carbocycles. The summed E-state index contributed by atoms with van der Waals surface area (Å²) in [6.45, 7) is 0.669. The molecule has 0 spiro atoms. The van der Waals surface area contributed by atoms with E-state index >= 15 is 0 Å². The van der Waals surface area contributed by atoms with E-state index in [0.717, 1.165) is 11.3 Å². The minimum Gasteiger partial charge on any atom is -0.505 e. The minimum atomic E-state index is -0.544. The number of hydrogen-bond donors (Lipinski definition) is 2. The van der Waals surface area contributed by atoms with Crippen molar-refractivity contribution in [2.75, 3.05) is 11.5 Å². The van der Waals surface area contributed by atoms with Gasteiger partial charge in [0.05, 0.1) is 0 Å². The Labute approximate surface area is 99.2 Å². The first-order chi connectivity index (χ1) is 7.75. The predicted molar refractivity (Wildman–Crippen MR) is 65.3 cm³/mol. The Morgan fingerprint density at radius 3 is 3.06 bits per heavy atom. The monoisotopic (exact) mass is 241 g/mol. The van der Waals surface area contributed by atoms with Crippen LogP contribution in [-0.2, 0) is 6.54 Å². The third-order valence-corrected chi connectivity index (χ3v) is 3.98. The van der Waals surface area contributed by atoms with Crippen LogP contribution in [0.2, 0.25) is 0 Å². The average Bonchev–Trinajstić information content (AvgIpc) is 2.32. The van der Waals surface area contributed by atoms with Crippen molar-refractivity contribution in [2.45, 2.75) is 25.4 Å². The number of phenols is 1. The first kappa shape index (κ1) is 11.7. The first-order valence-corrected chi connectivity index (χ1v) is 6.69. The van der Waals surface area contributed by atoms with Gasteiger partial charge < -0.3 is 10.4 Å². The molecule has 1 unspecified atom stereocenters. The highest BCUT2D eigenvalue weighted by atomic mass is 32.2. The molecule has 1 aliphatic rings. The maximum atomic E-state index is 13.1. The van der Waals surface area contributed by atoms with Crippen LogP contribution in [-0.4, -0.2) is 22.7 Å². The van der Waals surface area contributed by atoms with E-state index < -0.39 is 5.82 Å². The average molecular weight is 241 g/mol. The molecule has 0 aliphatic carbocycles. The highest BCUT2D eigenvalue weighted by molar-refractivity contribution is 7.99. The molecule has 2 rings (SSSR count). The van der Waals surface area contributed by atoms with E-state index in [1.807, 2.05) is 11.8 Å². The summed E-state index contributed by atoms with van der Waals surface area (Å²) in [5.74, 6) is 1.57. The van der Waals surface area contributed by atoms with Crippen LogP contribution in [0.25, 0.3) is 0 Å². The van der Waals surface area contributed by atoms with Gasteiger partial charge in [-0.05, 0) is 36.3 Å². The molecule has 1 fully saturated rings. The lowest BCUT2D eigenvalue weighted by Crippen LogP contribution is -2.33. The van der Waals surface area contributed by atoms with Crippen LogP contribution >= 0.6 is 11.8 Å². The lowest BCUT2D eigenvalue weighted by molar-refractivity contribution is 0.431. The fraction of sp³-hybridized carbons (Fsp3) is 0.500. The lowest BCUT2D eigenvalue weighted by atomic mass is 10.1. The predicted octanol–water partition coefficient (Wildman–Crippen LogP) is 2.52. The van der Waals surface area contributed by atoms with Crippen molar-refractivity contribution < 1.29 is 9.50 Å². The summed E-state index contributed by atoms with van der Waals surface area (Å²) < 4.78 is 13.1. The van der Waals surface area contributed by atoms with Gasteiger partial charge in [-0.3, -0.25) is 0 Å². The quantitative estimate of drug-likeness (QED) is 0.853. The van der Waals surface area contributed by atoms with E-state index in [9.17, 15) is 4.39 Å². The molecule has 1 aliphatic heterocycles. The number of halogens is 1. The maximum absolute atomic E-state index is 13.1. The number of thioether (sulfide) groups is 1. The summed E-state index contributed by atoms with van der Waals surface area (Å²) in [6, 6.07) is 5.08. The molecule has 88 valence electrons. The van der Waals surface area contributed by atoms with E-state index in [1.54, 1.807) is 6.07 Å². The molecular weight excluding hydrogens is 225 g/mol. The summed E-state index contributed by atoms with van der Waals surface area (Å²) in [4.78, 5) is 0. The van der Waals surface area contributed by atoms with Gasteiger partial charge in [-0.25, -0.2) is 4.39 Å². The van der Waals surface area contributed by atoms with Gasteiger partial charge in [0.15, 0.2) is 11.6 Å². The molecule has 4 heteroatoms. The highest BCUT2D eigenvalue weighted by Gasteiger charge is 2.12. The first-order valence-electron chi connectivity index (χ1n) is 5.54. The largest absolute Gasteiger partial charge is 0.505 e. The Morgan fingerprint density at radius 1 is 1.50 bits per heavy atom. The van der Waals surface area contributed by atoms with Crippen molar-refractivity contribution in [2.24, 2.45) is 0 Å². The van der Waals surface area contributed by atoms with Gasteiger partial charge in [0.2, 0.25) is 0 Å². The molecule has 0 amide bonds. The number of rotatable bonds is 3. The van der Waals surface area contributed by atoms with Crippen molar-refractivity contribution in [3.63, 3.8) is 0 Å². The molecule has 2 N–H and O–H groups in total. The van der Waals surface area contributed by atoms with E-state index in [4.69, 9.17) is 5.11 Å². The zero-order valence-electron chi connectivity index (χ0n) is 9.08. The van der Waals surface area contributed by atoms with Gasteiger partial charge in [0.1, 0.15) is 0 Å². The maximum Gasteiger partial charge on any atom is 0.165 e. The second-order valence-electron chi connectivity index (χ2n) is 4.08. The molecule has 0 bridgehead atoms. The summed E-state index contributed by atoms with van der Waals surface area (Å²) in [5, 5.41) is 12.5. The van der Waals surface area contributed by atoms with Crippen LogP contribution in [0, 0.1) is 5.82 Å². The van der Waals surface area contributed by atoms with E-state index in [1.165, 1.54) is 30.7 Å². The smallest absolute Gasteiger partial charge is 0.165 e. The molecule has 2 nitrogen and oxygen atoms in total. The van der Waals surface area contributed by atoms with E-state index in [-0.39, 0.29) is 5.75 Å². The number of phenolic OH excluding ortho intramolecular Hbond substituents is 1. The fourth-order valence-electron chi connectivity index (χ4n) is 1.82. The molecule has 0 aromatic heterocycles. The summed E-state index contributed by atoms with van der Waals surface area (Å²) in [7, 11) is 0. The van der Waals surface area contributed by atoms with E-state index in [0.29, 0.717) is 12.6 Å². The molecular formula is C12H16FNOS. The van der Waals surface area contributed by atoms with Crippen LogP contribution in [0.15, 0.2) is 18.2 Å². The van der Waals surface area contributed by atoms with Crippen LogP contribution in [0.5, 0.6) is 5.75 Å². The minimum absolute atomic E-state index is 0.281. The normalized spacial score (nSPS) is 20.9. The number of nitrogens with one attached hydrogen (secondary N) is 1. The third-order valence-electron chi connectivity index (χ3n) is 2.77. The van der Waals surface area contributed by atoms with Crippen molar-refractivity contribution in [1.29, 1.82) is 0 Å².